The summed E-state index contributed by atoms with van der Waals surface area (Å²) in [6.45, 7) is 0. The molecule has 3 N–H and O–H groups in total. The first-order valence-electron chi connectivity index (χ1n) is 7.52. The van der Waals surface area contributed by atoms with E-state index in [-0.39, 0.29) is 11.9 Å². The normalized spacial score (nSPS) is 21.7. The van der Waals surface area contributed by atoms with Crippen LogP contribution in [0.1, 0.15) is 36.0 Å². The zero-order chi connectivity index (χ0) is 16.3. The summed E-state index contributed by atoms with van der Waals surface area (Å²) < 4.78 is 5.24. The van der Waals surface area contributed by atoms with Gasteiger partial charge in [0.25, 0.3) is 5.91 Å². The van der Waals surface area contributed by atoms with Crippen molar-refractivity contribution in [1.82, 2.24) is 10.2 Å². The number of nitrogens with two attached hydrogens (primary N) is 1. The number of amides is 1. The minimum Gasteiger partial charge on any atom is -0.496 e. The first-order chi connectivity index (χ1) is 10.4. The van der Waals surface area contributed by atoms with Crippen molar-refractivity contribution in [2.75, 3.05) is 26.9 Å². The minimum absolute atomic E-state index is 0.164. The third-order valence-electron chi connectivity index (χ3n) is 4.28. The molecule has 0 heterocycles. The van der Waals surface area contributed by atoms with Gasteiger partial charge >= 0.3 is 0 Å². The standard InChI is InChI=1S/C16H24ClN3O2/c1-20(2)11-6-4-5-10(7-11)19-16(21)12-8-13(17)14(18)9-15(12)22-3/h8-11H,4-7,18H2,1-3H3,(H,19,21). The van der Waals surface area contributed by atoms with E-state index in [0.29, 0.717) is 28.1 Å². The molecule has 1 aromatic carbocycles. The molecule has 0 bridgehead atoms. The van der Waals surface area contributed by atoms with Gasteiger partial charge in [-0.25, -0.2) is 0 Å². The molecule has 122 valence electrons. The highest BCUT2D eigenvalue weighted by Gasteiger charge is 2.25. The summed E-state index contributed by atoms with van der Waals surface area (Å²) in [7, 11) is 5.68. The Labute approximate surface area is 136 Å². The maximum absolute atomic E-state index is 12.5. The number of nitrogens with one attached hydrogen (secondary N) is 1. The lowest BCUT2D eigenvalue weighted by atomic mass is 9.90. The van der Waals surface area contributed by atoms with Gasteiger partial charge in [-0.05, 0) is 45.8 Å². The Bertz CT molecular complexity index is 548. The molecule has 22 heavy (non-hydrogen) atoms. The van der Waals surface area contributed by atoms with Gasteiger partial charge in [0.05, 0.1) is 23.4 Å². The molecule has 0 saturated heterocycles. The van der Waals surface area contributed by atoms with E-state index >= 15 is 0 Å². The second-order valence-corrected chi connectivity index (χ2v) is 6.44. The minimum atomic E-state index is -0.164. The second kappa shape index (κ2) is 7.20. The molecule has 1 fully saturated rings. The third kappa shape index (κ3) is 3.84. The molecular formula is C16H24ClN3O2. The number of hydrogen-bond acceptors (Lipinski definition) is 4. The van der Waals surface area contributed by atoms with Crippen LogP contribution in [0.4, 0.5) is 5.69 Å². The van der Waals surface area contributed by atoms with E-state index in [1.54, 1.807) is 12.1 Å². The van der Waals surface area contributed by atoms with Crippen LogP contribution in [-0.2, 0) is 0 Å². The lowest BCUT2D eigenvalue weighted by Crippen LogP contribution is -2.43. The lowest BCUT2D eigenvalue weighted by molar-refractivity contribution is 0.0908. The van der Waals surface area contributed by atoms with Gasteiger partial charge in [-0.3, -0.25) is 4.79 Å². The molecule has 1 aliphatic rings. The largest absolute Gasteiger partial charge is 0.496 e. The van der Waals surface area contributed by atoms with E-state index in [1.165, 1.54) is 13.5 Å². The summed E-state index contributed by atoms with van der Waals surface area (Å²) in [5.41, 5.74) is 6.58. The zero-order valence-corrected chi connectivity index (χ0v) is 14.1. The van der Waals surface area contributed by atoms with Crippen LogP contribution in [0.15, 0.2) is 12.1 Å². The molecule has 0 spiro atoms. The first kappa shape index (κ1) is 16.9. The van der Waals surface area contributed by atoms with Crippen LogP contribution >= 0.6 is 11.6 Å². The number of hydrogen-bond donors (Lipinski definition) is 2. The molecule has 1 saturated carbocycles. The average molecular weight is 326 g/mol. The van der Waals surface area contributed by atoms with Gasteiger partial charge < -0.3 is 20.7 Å². The van der Waals surface area contributed by atoms with E-state index in [2.05, 4.69) is 24.3 Å². The first-order valence-corrected chi connectivity index (χ1v) is 7.90. The van der Waals surface area contributed by atoms with Gasteiger partial charge in [-0.15, -0.1) is 0 Å². The average Bonchev–Trinajstić information content (AvgIpc) is 2.49. The fourth-order valence-corrected chi connectivity index (χ4v) is 3.11. The number of rotatable bonds is 4. The Kier molecular flexibility index (Phi) is 5.53. The highest BCUT2D eigenvalue weighted by Crippen LogP contribution is 2.29. The van der Waals surface area contributed by atoms with Crippen molar-refractivity contribution < 1.29 is 9.53 Å². The number of ether oxygens (including phenoxy) is 1. The molecule has 0 aliphatic heterocycles. The van der Waals surface area contributed by atoms with E-state index in [4.69, 9.17) is 22.1 Å². The Hall–Kier alpha value is -1.46. The molecule has 0 aromatic heterocycles. The van der Waals surface area contributed by atoms with E-state index < -0.39 is 0 Å². The Morgan fingerprint density at radius 1 is 1.41 bits per heavy atom. The number of halogens is 1. The Morgan fingerprint density at radius 3 is 2.77 bits per heavy atom. The smallest absolute Gasteiger partial charge is 0.255 e. The van der Waals surface area contributed by atoms with Gasteiger partial charge in [0.15, 0.2) is 0 Å². The van der Waals surface area contributed by atoms with Crippen molar-refractivity contribution in [2.24, 2.45) is 0 Å². The molecule has 2 atom stereocenters. The molecule has 1 amide bonds. The molecule has 0 radical (unpaired) electrons. The van der Waals surface area contributed by atoms with Crippen molar-refractivity contribution >= 4 is 23.2 Å². The summed E-state index contributed by atoms with van der Waals surface area (Å²) in [5, 5.41) is 3.46. The Balaban J connectivity index is 2.10. The van der Waals surface area contributed by atoms with Crippen molar-refractivity contribution in [3.8, 4) is 5.75 Å². The van der Waals surface area contributed by atoms with Crippen LogP contribution in [0.25, 0.3) is 0 Å². The van der Waals surface area contributed by atoms with Crippen LogP contribution in [0.2, 0.25) is 5.02 Å². The highest BCUT2D eigenvalue weighted by molar-refractivity contribution is 6.33. The van der Waals surface area contributed by atoms with Gasteiger partial charge in [0.2, 0.25) is 0 Å². The maximum Gasteiger partial charge on any atom is 0.255 e. The summed E-state index contributed by atoms with van der Waals surface area (Å²) in [5.74, 6) is 0.280. The number of benzene rings is 1. The zero-order valence-electron chi connectivity index (χ0n) is 13.4. The van der Waals surface area contributed by atoms with Gasteiger partial charge in [-0.2, -0.15) is 0 Å². The predicted molar refractivity (Wildman–Crippen MR) is 89.6 cm³/mol. The third-order valence-corrected chi connectivity index (χ3v) is 4.60. The second-order valence-electron chi connectivity index (χ2n) is 6.03. The number of anilines is 1. The summed E-state index contributed by atoms with van der Waals surface area (Å²) in [6, 6.07) is 3.84. The van der Waals surface area contributed by atoms with Gasteiger partial charge in [0.1, 0.15) is 5.75 Å². The van der Waals surface area contributed by atoms with Crippen molar-refractivity contribution in [3.63, 3.8) is 0 Å². The number of carbonyl (C=O) groups excluding carboxylic acids is 1. The monoisotopic (exact) mass is 325 g/mol. The summed E-state index contributed by atoms with van der Waals surface area (Å²) >= 11 is 6.03. The maximum atomic E-state index is 12.5. The van der Waals surface area contributed by atoms with Gasteiger partial charge in [0, 0.05) is 18.2 Å². The van der Waals surface area contributed by atoms with Crippen molar-refractivity contribution in [3.05, 3.63) is 22.7 Å². The van der Waals surface area contributed by atoms with E-state index in [9.17, 15) is 4.79 Å². The molecule has 2 rings (SSSR count). The summed E-state index contributed by atoms with van der Waals surface area (Å²) in [6.07, 6.45) is 4.26. The van der Waals surface area contributed by atoms with Crippen LogP contribution in [0, 0.1) is 0 Å². The topological polar surface area (TPSA) is 67.6 Å². The lowest BCUT2D eigenvalue weighted by Gasteiger charge is -2.33. The van der Waals surface area contributed by atoms with Crippen LogP contribution < -0.4 is 15.8 Å². The molecule has 5 nitrogen and oxygen atoms in total. The van der Waals surface area contributed by atoms with Crippen LogP contribution in [0.3, 0.4) is 0 Å². The molecule has 1 aliphatic carbocycles. The molecule has 1 aromatic rings. The van der Waals surface area contributed by atoms with Crippen molar-refractivity contribution in [1.29, 1.82) is 0 Å². The number of carbonyl (C=O) groups is 1. The van der Waals surface area contributed by atoms with E-state index in [1.807, 2.05) is 0 Å². The Morgan fingerprint density at radius 2 is 2.14 bits per heavy atom. The highest BCUT2D eigenvalue weighted by atomic mass is 35.5. The summed E-state index contributed by atoms with van der Waals surface area (Å²) in [4.78, 5) is 14.7. The number of nitrogen functional groups attached to an aromatic ring is 1. The molecule has 2 unspecified atom stereocenters. The fraction of sp³-hybridized carbons (Fsp3) is 0.562. The molecular weight excluding hydrogens is 302 g/mol. The number of methoxy groups -OCH3 is 1. The van der Waals surface area contributed by atoms with Crippen LogP contribution in [0.5, 0.6) is 5.75 Å². The van der Waals surface area contributed by atoms with E-state index in [0.717, 1.165) is 19.3 Å². The quantitative estimate of drug-likeness (QED) is 0.835. The SMILES string of the molecule is COc1cc(N)c(Cl)cc1C(=O)NC1CCCC(N(C)C)C1. The fourth-order valence-electron chi connectivity index (χ4n) is 2.94. The van der Waals surface area contributed by atoms with Crippen molar-refractivity contribution in [2.45, 2.75) is 37.8 Å². The molecule has 6 heteroatoms. The number of nitrogens with zero attached hydrogens (tertiary/aromatic N) is 1. The van der Waals surface area contributed by atoms with Crippen LogP contribution in [-0.4, -0.2) is 44.1 Å². The predicted octanol–water partition coefficient (Wildman–Crippen LogP) is 2.53. The van der Waals surface area contributed by atoms with Gasteiger partial charge in [-0.1, -0.05) is 11.6 Å².